The Morgan fingerprint density at radius 2 is 1.84 bits per heavy atom. The number of piperidine rings is 1. The molecule has 3 aromatic rings. The van der Waals surface area contributed by atoms with Gasteiger partial charge >= 0.3 is 0 Å². The van der Waals surface area contributed by atoms with Crippen molar-refractivity contribution in [1.82, 2.24) is 9.78 Å². The van der Waals surface area contributed by atoms with Crippen molar-refractivity contribution < 1.29 is 14.3 Å². The van der Waals surface area contributed by atoms with Gasteiger partial charge in [-0.25, -0.2) is 4.68 Å². The summed E-state index contributed by atoms with van der Waals surface area (Å²) in [5, 5.41) is 8.83. The number of aromatic nitrogens is 2. The number of carbonyl (C=O) groups excluding carboxylic acids is 1. The molecular weight excluding hydrogens is 396 g/mol. The predicted octanol–water partition coefficient (Wildman–Crippen LogP) is 3.00. The fraction of sp³-hybridized carbons (Fsp3) is 0.348. The van der Waals surface area contributed by atoms with Crippen molar-refractivity contribution >= 4 is 28.2 Å². The molecule has 160 valence electrons. The summed E-state index contributed by atoms with van der Waals surface area (Å²) >= 11 is 0. The van der Waals surface area contributed by atoms with Gasteiger partial charge in [0.2, 0.25) is 12.7 Å². The zero-order chi connectivity index (χ0) is 21.4. The van der Waals surface area contributed by atoms with Crippen LogP contribution >= 0.6 is 0 Å². The quantitative estimate of drug-likeness (QED) is 0.698. The lowest BCUT2D eigenvalue weighted by molar-refractivity contribution is -0.117. The average molecular weight is 420 g/mol. The highest BCUT2D eigenvalue weighted by Gasteiger charge is 2.22. The number of carbonyl (C=O) groups is 1. The van der Waals surface area contributed by atoms with E-state index in [1.807, 2.05) is 18.2 Å². The Bertz CT molecular complexity index is 1200. The fourth-order valence-electron chi connectivity index (χ4n) is 4.09. The van der Waals surface area contributed by atoms with Crippen LogP contribution in [0.15, 0.2) is 47.3 Å². The maximum absolute atomic E-state index is 13.0. The molecule has 3 heterocycles. The molecule has 2 aliphatic rings. The lowest BCUT2D eigenvalue weighted by Crippen LogP contribution is -2.37. The van der Waals surface area contributed by atoms with E-state index in [-0.39, 0.29) is 24.8 Å². The van der Waals surface area contributed by atoms with E-state index in [4.69, 9.17) is 9.47 Å². The molecule has 1 N–H and O–H groups in total. The van der Waals surface area contributed by atoms with E-state index in [0.717, 1.165) is 37.1 Å². The first kappa shape index (κ1) is 19.4. The van der Waals surface area contributed by atoms with E-state index < -0.39 is 0 Å². The van der Waals surface area contributed by atoms with Crippen LogP contribution in [-0.4, -0.2) is 35.6 Å². The Labute approximate surface area is 179 Å². The highest BCUT2D eigenvalue weighted by Crippen LogP contribution is 2.34. The van der Waals surface area contributed by atoms with Crippen molar-refractivity contribution in [2.75, 3.05) is 30.1 Å². The summed E-state index contributed by atoms with van der Waals surface area (Å²) in [4.78, 5) is 27.9. The van der Waals surface area contributed by atoms with Crippen LogP contribution in [0, 0.1) is 5.92 Å². The molecule has 31 heavy (non-hydrogen) atoms. The predicted molar refractivity (Wildman–Crippen MR) is 118 cm³/mol. The maximum Gasteiger partial charge on any atom is 0.275 e. The van der Waals surface area contributed by atoms with Gasteiger partial charge in [0.15, 0.2) is 17.3 Å². The fourth-order valence-corrected chi connectivity index (χ4v) is 4.09. The van der Waals surface area contributed by atoms with Crippen molar-refractivity contribution in [2.45, 2.75) is 26.3 Å². The van der Waals surface area contributed by atoms with Gasteiger partial charge in [-0.3, -0.25) is 9.59 Å². The Balaban J connectivity index is 1.43. The molecule has 1 amide bonds. The molecule has 0 spiro atoms. The Morgan fingerprint density at radius 3 is 2.65 bits per heavy atom. The molecule has 2 aliphatic heterocycles. The van der Waals surface area contributed by atoms with Gasteiger partial charge in [-0.15, -0.1) is 0 Å². The van der Waals surface area contributed by atoms with E-state index in [1.165, 1.54) is 4.68 Å². The standard InChI is InChI=1S/C23H24N4O4/c1-15-8-10-26(11-9-15)22-17-4-2-3-5-18(17)23(29)27(25-22)13-21(28)24-16-6-7-19-20(12-16)31-14-30-19/h2-7,12,15H,8-11,13-14H2,1H3,(H,24,28). The van der Waals surface area contributed by atoms with Gasteiger partial charge in [-0.1, -0.05) is 25.1 Å². The number of hydrogen-bond donors (Lipinski definition) is 1. The highest BCUT2D eigenvalue weighted by atomic mass is 16.7. The van der Waals surface area contributed by atoms with Gasteiger partial charge in [0, 0.05) is 30.2 Å². The van der Waals surface area contributed by atoms with Gasteiger partial charge in [0.05, 0.1) is 5.39 Å². The first-order chi connectivity index (χ1) is 15.1. The lowest BCUT2D eigenvalue weighted by atomic mass is 9.99. The zero-order valence-corrected chi connectivity index (χ0v) is 17.3. The largest absolute Gasteiger partial charge is 0.454 e. The van der Waals surface area contributed by atoms with Crippen molar-refractivity contribution in [1.29, 1.82) is 0 Å². The first-order valence-corrected chi connectivity index (χ1v) is 10.5. The molecule has 0 saturated carbocycles. The third-order valence-corrected chi connectivity index (χ3v) is 5.88. The van der Waals surface area contributed by atoms with Gasteiger partial charge in [0.1, 0.15) is 6.54 Å². The van der Waals surface area contributed by atoms with Crippen LogP contribution in [0.3, 0.4) is 0 Å². The minimum atomic E-state index is -0.332. The summed E-state index contributed by atoms with van der Waals surface area (Å²) in [7, 11) is 0. The van der Waals surface area contributed by atoms with Gasteiger partial charge in [0.25, 0.3) is 5.56 Å². The van der Waals surface area contributed by atoms with E-state index in [1.54, 1.807) is 24.3 Å². The number of fused-ring (bicyclic) bond motifs is 2. The van der Waals surface area contributed by atoms with Crippen molar-refractivity contribution in [2.24, 2.45) is 5.92 Å². The molecule has 0 aliphatic carbocycles. The number of rotatable bonds is 4. The van der Waals surface area contributed by atoms with Crippen molar-refractivity contribution in [3.05, 3.63) is 52.8 Å². The van der Waals surface area contributed by atoms with E-state index in [0.29, 0.717) is 28.5 Å². The number of hydrogen-bond acceptors (Lipinski definition) is 6. The van der Waals surface area contributed by atoms with Gasteiger partial charge in [-0.05, 0) is 37.0 Å². The topological polar surface area (TPSA) is 85.7 Å². The number of nitrogens with one attached hydrogen (secondary N) is 1. The molecule has 1 saturated heterocycles. The average Bonchev–Trinajstić information content (AvgIpc) is 3.24. The van der Waals surface area contributed by atoms with Crippen LogP contribution in [0.2, 0.25) is 0 Å². The van der Waals surface area contributed by atoms with Crippen LogP contribution in [0.5, 0.6) is 11.5 Å². The second kappa shape index (κ2) is 7.94. The Morgan fingerprint density at radius 1 is 1.10 bits per heavy atom. The minimum Gasteiger partial charge on any atom is -0.454 e. The number of amides is 1. The van der Waals surface area contributed by atoms with Crippen LogP contribution in [0.25, 0.3) is 10.8 Å². The molecule has 8 heteroatoms. The van der Waals surface area contributed by atoms with Gasteiger partial charge in [-0.2, -0.15) is 5.10 Å². The molecule has 0 atom stereocenters. The Hall–Kier alpha value is -3.55. The summed E-state index contributed by atoms with van der Waals surface area (Å²) in [6, 6.07) is 12.7. The number of benzene rings is 2. The number of ether oxygens (including phenoxy) is 2. The summed E-state index contributed by atoms with van der Waals surface area (Å²) in [5.74, 6) is 2.34. The molecule has 2 aromatic carbocycles. The first-order valence-electron chi connectivity index (χ1n) is 10.5. The Kier molecular flexibility index (Phi) is 4.97. The normalized spacial score (nSPS) is 16.0. The van der Waals surface area contributed by atoms with Crippen molar-refractivity contribution in [3.8, 4) is 11.5 Å². The van der Waals surface area contributed by atoms with Crippen LogP contribution in [0.1, 0.15) is 19.8 Å². The molecular formula is C23H24N4O4. The monoisotopic (exact) mass is 420 g/mol. The highest BCUT2D eigenvalue weighted by molar-refractivity contribution is 5.93. The number of anilines is 2. The molecule has 1 fully saturated rings. The van der Waals surface area contributed by atoms with E-state index in [9.17, 15) is 9.59 Å². The van der Waals surface area contributed by atoms with Gasteiger partial charge < -0.3 is 19.7 Å². The second-order valence-electron chi connectivity index (χ2n) is 8.12. The van der Waals surface area contributed by atoms with Crippen molar-refractivity contribution in [3.63, 3.8) is 0 Å². The summed E-state index contributed by atoms with van der Waals surface area (Å²) in [6.07, 6.45) is 2.17. The SMILES string of the molecule is CC1CCN(c2nn(CC(=O)Nc3ccc4c(c3)OCO4)c(=O)c3ccccc23)CC1. The minimum absolute atomic E-state index is 0.168. The van der Waals surface area contributed by atoms with E-state index >= 15 is 0 Å². The van der Waals surface area contributed by atoms with E-state index in [2.05, 4.69) is 22.2 Å². The molecule has 0 unspecified atom stereocenters. The second-order valence-corrected chi connectivity index (χ2v) is 8.12. The third kappa shape index (κ3) is 3.81. The van der Waals surface area contributed by atoms with Crippen LogP contribution in [-0.2, 0) is 11.3 Å². The third-order valence-electron chi connectivity index (χ3n) is 5.88. The maximum atomic E-state index is 13.0. The zero-order valence-electron chi connectivity index (χ0n) is 17.3. The lowest BCUT2D eigenvalue weighted by Gasteiger charge is -2.32. The van der Waals surface area contributed by atoms with Crippen LogP contribution in [0.4, 0.5) is 11.5 Å². The van der Waals surface area contributed by atoms with Crippen LogP contribution < -0.4 is 25.2 Å². The molecule has 8 nitrogen and oxygen atoms in total. The molecule has 5 rings (SSSR count). The number of nitrogens with zero attached hydrogens (tertiary/aromatic N) is 3. The summed E-state index contributed by atoms with van der Waals surface area (Å²) < 4.78 is 11.9. The molecule has 0 bridgehead atoms. The summed E-state index contributed by atoms with van der Waals surface area (Å²) in [5.41, 5.74) is 0.305. The smallest absolute Gasteiger partial charge is 0.275 e. The summed E-state index contributed by atoms with van der Waals surface area (Å²) in [6.45, 7) is 4.03. The molecule has 1 aromatic heterocycles. The molecule has 0 radical (unpaired) electrons.